The van der Waals surface area contributed by atoms with Gasteiger partial charge in [0.1, 0.15) is 0 Å². The highest BCUT2D eigenvalue weighted by Crippen LogP contribution is 1.98. The zero-order valence-corrected chi connectivity index (χ0v) is 6.80. The summed E-state index contributed by atoms with van der Waals surface area (Å²) < 4.78 is 31.1. The molecule has 2 N–H and O–H groups in total. The Bertz CT molecular complexity index is 136. The number of rotatable bonds is 3. The van der Waals surface area contributed by atoms with E-state index >= 15 is 0 Å². The van der Waals surface area contributed by atoms with E-state index in [1.165, 1.54) is 0 Å². The third kappa shape index (κ3) is 3.78. The fraction of sp³-hybridized carbons (Fsp3) is 1.00. The summed E-state index contributed by atoms with van der Waals surface area (Å²) in [5.41, 5.74) is 0. The van der Waals surface area contributed by atoms with Gasteiger partial charge in [-0.15, -0.1) is 0 Å². The molecule has 1 heterocycles. The predicted molar refractivity (Wildman–Crippen MR) is 39.3 cm³/mol. The van der Waals surface area contributed by atoms with Gasteiger partial charge in [0.15, 0.2) is 0 Å². The largest absolute Gasteiger partial charge is 0.376 e. The normalized spacial score (nSPS) is 28.3. The zero-order chi connectivity index (χ0) is 8.10. The quantitative estimate of drug-likeness (QED) is 0.555. The van der Waals surface area contributed by atoms with E-state index in [1.807, 2.05) is 0 Å². The first-order valence-electron chi connectivity index (χ1n) is 3.33. The van der Waals surface area contributed by atoms with Gasteiger partial charge < -0.3 is 9.47 Å². The van der Waals surface area contributed by atoms with Crippen molar-refractivity contribution in [3.8, 4) is 0 Å². The van der Waals surface area contributed by atoms with Crippen molar-refractivity contribution in [3.63, 3.8) is 0 Å². The maximum Gasteiger partial charge on any atom is 0.231 e. The summed E-state index contributed by atoms with van der Waals surface area (Å²) >= 11 is -1.95. The summed E-state index contributed by atoms with van der Waals surface area (Å²) in [7, 11) is 0. The van der Waals surface area contributed by atoms with Crippen molar-refractivity contribution < 1.29 is 18.2 Å². The van der Waals surface area contributed by atoms with E-state index in [0.717, 1.165) is 0 Å². The molecule has 0 bridgehead atoms. The van der Waals surface area contributed by atoms with Crippen molar-refractivity contribution in [1.29, 1.82) is 0 Å². The first kappa shape index (κ1) is 9.08. The fourth-order valence-corrected chi connectivity index (χ4v) is 1.15. The van der Waals surface area contributed by atoms with E-state index in [1.54, 1.807) is 0 Å². The lowest BCUT2D eigenvalue weighted by molar-refractivity contribution is -0.0847. The van der Waals surface area contributed by atoms with Crippen LogP contribution < -0.4 is 4.72 Å². The Morgan fingerprint density at radius 1 is 1.64 bits per heavy atom. The lowest BCUT2D eigenvalue weighted by atomic mass is 10.3. The summed E-state index contributed by atoms with van der Waals surface area (Å²) in [5, 5.41) is 0. The third-order valence-electron chi connectivity index (χ3n) is 1.32. The second-order valence-corrected chi connectivity index (χ2v) is 2.95. The minimum absolute atomic E-state index is 0.0974. The monoisotopic (exact) mass is 181 g/mol. The number of nitrogens with one attached hydrogen (secondary N) is 1. The number of hydrogen-bond donors (Lipinski definition) is 2. The van der Waals surface area contributed by atoms with Crippen molar-refractivity contribution in [2.24, 2.45) is 0 Å². The van der Waals surface area contributed by atoms with Crippen molar-refractivity contribution in [2.75, 3.05) is 26.4 Å². The summed E-state index contributed by atoms with van der Waals surface area (Å²) in [6.07, 6.45) is -0.0974. The van der Waals surface area contributed by atoms with Crippen LogP contribution in [0.5, 0.6) is 0 Å². The standard InChI is InChI=1S/C5H11NO4S/c7-11(8)6-3-5-4-9-1-2-10-5/h5-6H,1-4H2,(H,7,8). The van der Waals surface area contributed by atoms with Gasteiger partial charge in [-0.2, -0.15) is 0 Å². The first-order chi connectivity index (χ1) is 5.29. The Morgan fingerprint density at radius 3 is 3.00 bits per heavy atom. The molecule has 0 aromatic heterocycles. The lowest BCUT2D eigenvalue weighted by Gasteiger charge is -2.22. The molecule has 0 aliphatic carbocycles. The number of ether oxygens (including phenoxy) is 2. The molecule has 0 saturated carbocycles. The molecule has 2 unspecified atom stereocenters. The van der Waals surface area contributed by atoms with Gasteiger partial charge in [0, 0.05) is 6.54 Å². The van der Waals surface area contributed by atoms with Crippen LogP contribution >= 0.6 is 0 Å². The van der Waals surface area contributed by atoms with Crippen molar-refractivity contribution in [1.82, 2.24) is 4.72 Å². The van der Waals surface area contributed by atoms with E-state index in [2.05, 4.69) is 4.72 Å². The molecule has 6 heteroatoms. The molecule has 0 aromatic rings. The molecule has 5 nitrogen and oxygen atoms in total. The van der Waals surface area contributed by atoms with Crippen LogP contribution in [0.25, 0.3) is 0 Å². The molecular formula is C5H11NO4S. The second kappa shape index (κ2) is 4.78. The van der Waals surface area contributed by atoms with Crippen molar-refractivity contribution in [2.45, 2.75) is 6.10 Å². The fourth-order valence-electron chi connectivity index (χ4n) is 0.819. The van der Waals surface area contributed by atoms with Gasteiger partial charge in [0.05, 0.1) is 25.9 Å². The molecule has 11 heavy (non-hydrogen) atoms. The Balaban J connectivity index is 2.09. The lowest BCUT2D eigenvalue weighted by Crippen LogP contribution is -2.37. The molecule has 1 aliphatic rings. The summed E-state index contributed by atoms with van der Waals surface area (Å²) in [4.78, 5) is 0. The van der Waals surface area contributed by atoms with Crippen LogP contribution in [0.15, 0.2) is 0 Å². The Labute approximate surface area is 67.5 Å². The van der Waals surface area contributed by atoms with Crippen LogP contribution in [0, 0.1) is 0 Å². The summed E-state index contributed by atoms with van der Waals surface area (Å²) in [5.74, 6) is 0. The zero-order valence-electron chi connectivity index (χ0n) is 5.99. The van der Waals surface area contributed by atoms with E-state index in [0.29, 0.717) is 26.4 Å². The van der Waals surface area contributed by atoms with E-state index in [4.69, 9.17) is 14.0 Å². The number of hydrogen-bond acceptors (Lipinski definition) is 3. The third-order valence-corrected chi connectivity index (χ3v) is 1.73. The molecule has 1 saturated heterocycles. The summed E-state index contributed by atoms with van der Waals surface area (Å²) in [6.45, 7) is 2.01. The topological polar surface area (TPSA) is 67.8 Å². The van der Waals surface area contributed by atoms with Gasteiger partial charge in [-0.25, -0.2) is 8.93 Å². The molecule has 1 aliphatic heterocycles. The van der Waals surface area contributed by atoms with Gasteiger partial charge in [-0.1, -0.05) is 0 Å². The summed E-state index contributed by atoms with van der Waals surface area (Å²) in [6, 6.07) is 0. The molecule has 66 valence electrons. The van der Waals surface area contributed by atoms with Crippen LogP contribution in [0.1, 0.15) is 0 Å². The Kier molecular flexibility index (Phi) is 3.95. The highest BCUT2D eigenvalue weighted by molar-refractivity contribution is 7.77. The minimum Gasteiger partial charge on any atom is -0.376 e. The highest BCUT2D eigenvalue weighted by Gasteiger charge is 2.13. The maximum absolute atomic E-state index is 10.1. The van der Waals surface area contributed by atoms with Crippen LogP contribution in [0.2, 0.25) is 0 Å². The van der Waals surface area contributed by atoms with Gasteiger partial charge >= 0.3 is 0 Å². The van der Waals surface area contributed by atoms with Crippen LogP contribution in [-0.2, 0) is 20.7 Å². The molecule has 0 radical (unpaired) electrons. The highest BCUT2D eigenvalue weighted by atomic mass is 32.2. The Morgan fingerprint density at radius 2 is 2.45 bits per heavy atom. The van der Waals surface area contributed by atoms with E-state index in [9.17, 15) is 4.21 Å². The average molecular weight is 181 g/mol. The SMILES string of the molecule is O=S(O)NCC1COCCO1. The van der Waals surface area contributed by atoms with Gasteiger partial charge in [-0.3, -0.25) is 4.55 Å². The molecule has 0 amide bonds. The molecular weight excluding hydrogens is 170 g/mol. The predicted octanol–water partition coefficient (Wildman–Crippen LogP) is -0.872. The van der Waals surface area contributed by atoms with Crippen molar-refractivity contribution >= 4 is 11.3 Å². The maximum atomic E-state index is 10.1. The van der Waals surface area contributed by atoms with E-state index in [-0.39, 0.29) is 6.10 Å². The second-order valence-electron chi connectivity index (χ2n) is 2.17. The van der Waals surface area contributed by atoms with Gasteiger partial charge in [0.25, 0.3) is 0 Å². The molecule has 0 aromatic carbocycles. The van der Waals surface area contributed by atoms with Gasteiger partial charge in [-0.05, 0) is 0 Å². The Hall–Kier alpha value is -0.0100. The minimum atomic E-state index is -1.95. The first-order valence-corrected chi connectivity index (χ1v) is 4.43. The van der Waals surface area contributed by atoms with Crippen molar-refractivity contribution in [3.05, 3.63) is 0 Å². The molecule has 2 atom stereocenters. The van der Waals surface area contributed by atoms with Crippen LogP contribution in [0.4, 0.5) is 0 Å². The average Bonchev–Trinajstić information content (AvgIpc) is 2.03. The van der Waals surface area contributed by atoms with Gasteiger partial charge in [0.2, 0.25) is 11.3 Å². The molecule has 0 spiro atoms. The van der Waals surface area contributed by atoms with Crippen LogP contribution in [-0.4, -0.2) is 41.2 Å². The van der Waals surface area contributed by atoms with Crippen LogP contribution in [0.3, 0.4) is 0 Å². The molecule has 1 fully saturated rings. The van der Waals surface area contributed by atoms with E-state index < -0.39 is 11.3 Å². The smallest absolute Gasteiger partial charge is 0.231 e. The molecule has 1 rings (SSSR count).